The van der Waals surface area contributed by atoms with E-state index in [1.165, 1.54) is 6.92 Å². The molecule has 1 heterocycles. The maximum atomic E-state index is 12.2. The molecule has 0 aromatic heterocycles. The number of ether oxygens (including phenoxy) is 1. The molecular formula is C18H16N2O4. The Labute approximate surface area is 138 Å². The van der Waals surface area contributed by atoms with E-state index in [1.54, 1.807) is 42.5 Å². The number of ketones is 1. The van der Waals surface area contributed by atoms with E-state index in [0.717, 1.165) is 5.56 Å². The average Bonchev–Trinajstić information content (AvgIpc) is 2.54. The summed E-state index contributed by atoms with van der Waals surface area (Å²) in [5.74, 6) is 0.105. The number of amides is 2. The largest absolute Gasteiger partial charge is 0.482 e. The lowest BCUT2D eigenvalue weighted by Crippen LogP contribution is -2.25. The van der Waals surface area contributed by atoms with Crippen LogP contribution in [0.15, 0.2) is 42.5 Å². The molecule has 0 unspecified atom stereocenters. The van der Waals surface area contributed by atoms with Crippen LogP contribution in [0.1, 0.15) is 22.8 Å². The highest BCUT2D eigenvalue weighted by Gasteiger charge is 2.16. The first-order valence-electron chi connectivity index (χ1n) is 7.48. The van der Waals surface area contributed by atoms with Gasteiger partial charge in [-0.15, -0.1) is 0 Å². The standard InChI is InChI=1S/C18H16N2O4/c1-11(21)13-3-2-4-14(9-13)19-17(22)8-12-5-6-16-15(7-12)20-18(23)10-24-16/h2-7,9H,8,10H2,1H3,(H,19,22)(H,20,23). The van der Waals surface area contributed by atoms with Crippen molar-refractivity contribution in [3.8, 4) is 5.75 Å². The Balaban J connectivity index is 1.69. The summed E-state index contributed by atoms with van der Waals surface area (Å²) in [6.45, 7) is 1.48. The van der Waals surface area contributed by atoms with E-state index < -0.39 is 0 Å². The zero-order valence-electron chi connectivity index (χ0n) is 13.1. The van der Waals surface area contributed by atoms with E-state index in [9.17, 15) is 14.4 Å². The van der Waals surface area contributed by atoms with Gasteiger partial charge in [-0.3, -0.25) is 14.4 Å². The molecule has 0 aliphatic carbocycles. The highest BCUT2D eigenvalue weighted by atomic mass is 16.5. The molecule has 0 bridgehead atoms. The molecule has 122 valence electrons. The molecule has 0 saturated heterocycles. The number of benzene rings is 2. The summed E-state index contributed by atoms with van der Waals surface area (Å²) in [6, 6.07) is 12.0. The van der Waals surface area contributed by atoms with Gasteiger partial charge in [0.05, 0.1) is 12.1 Å². The lowest BCUT2D eigenvalue weighted by molar-refractivity contribution is -0.118. The zero-order valence-corrected chi connectivity index (χ0v) is 13.1. The van der Waals surface area contributed by atoms with Gasteiger partial charge in [0, 0.05) is 11.3 Å². The number of hydrogen-bond acceptors (Lipinski definition) is 4. The molecule has 1 aliphatic heterocycles. The molecule has 6 heteroatoms. The number of rotatable bonds is 4. The fourth-order valence-corrected chi connectivity index (χ4v) is 2.45. The smallest absolute Gasteiger partial charge is 0.262 e. The van der Waals surface area contributed by atoms with Gasteiger partial charge in [0.15, 0.2) is 12.4 Å². The Morgan fingerprint density at radius 1 is 1.21 bits per heavy atom. The first-order valence-corrected chi connectivity index (χ1v) is 7.48. The predicted molar refractivity (Wildman–Crippen MR) is 89.3 cm³/mol. The second-order valence-electron chi connectivity index (χ2n) is 5.53. The van der Waals surface area contributed by atoms with E-state index in [0.29, 0.717) is 22.7 Å². The van der Waals surface area contributed by atoms with Crippen molar-refractivity contribution in [2.45, 2.75) is 13.3 Å². The molecule has 0 radical (unpaired) electrons. The van der Waals surface area contributed by atoms with Crippen LogP contribution in [-0.2, 0) is 16.0 Å². The molecule has 2 N–H and O–H groups in total. The van der Waals surface area contributed by atoms with Gasteiger partial charge >= 0.3 is 0 Å². The van der Waals surface area contributed by atoms with E-state index in [2.05, 4.69) is 10.6 Å². The van der Waals surface area contributed by atoms with E-state index in [-0.39, 0.29) is 30.6 Å². The van der Waals surface area contributed by atoms with Gasteiger partial charge in [0.2, 0.25) is 5.91 Å². The SMILES string of the molecule is CC(=O)c1cccc(NC(=O)Cc2ccc3c(c2)NC(=O)CO3)c1. The van der Waals surface area contributed by atoms with E-state index >= 15 is 0 Å². The van der Waals surface area contributed by atoms with Crippen LogP contribution in [0.4, 0.5) is 11.4 Å². The molecular weight excluding hydrogens is 308 g/mol. The lowest BCUT2D eigenvalue weighted by atomic mass is 10.1. The summed E-state index contributed by atoms with van der Waals surface area (Å²) in [6.07, 6.45) is 0.146. The third-order valence-electron chi connectivity index (χ3n) is 3.59. The molecule has 24 heavy (non-hydrogen) atoms. The highest BCUT2D eigenvalue weighted by molar-refractivity contribution is 5.98. The fraction of sp³-hybridized carbons (Fsp3) is 0.167. The summed E-state index contributed by atoms with van der Waals surface area (Å²) in [5, 5.41) is 5.47. The molecule has 2 aromatic carbocycles. The van der Waals surface area contributed by atoms with Crippen molar-refractivity contribution in [1.82, 2.24) is 0 Å². The number of fused-ring (bicyclic) bond motifs is 1. The first-order chi connectivity index (χ1) is 11.5. The van der Waals surface area contributed by atoms with Crippen molar-refractivity contribution in [2.75, 3.05) is 17.2 Å². The van der Waals surface area contributed by atoms with Gasteiger partial charge in [0.25, 0.3) is 5.91 Å². The van der Waals surface area contributed by atoms with Crippen molar-refractivity contribution in [2.24, 2.45) is 0 Å². The molecule has 1 aliphatic rings. The van der Waals surface area contributed by atoms with Gasteiger partial charge in [-0.1, -0.05) is 18.2 Å². The highest BCUT2D eigenvalue weighted by Crippen LogP contribution is 2.28. The Morgan fingerprint density at radius 2 is 2.04 bits per heavy atom. The van der Waals surface area contributed by atoms with Crippen molar-refractivity contribution < 1.29 is 19.1 Å². The Bertz CT molecular complexity index is 830. The molecule has 3 rings (SSSR count). The minimum Gasteiger partial charge on any atom is -0.482 e. The normalized spacial score (nSPS) is 12.6. The molecule has 6 nitrogen and oxygen atoms in total. The molecule has 2 aromatic rings. The maximum absolute atomic E-state index is 12.2. The van der Waals surface area contributed by atoms with Gasteiger partial charge in [0.1, 0.15) is 5.75 Å². The number of carbonyl (C=O) groups is 3. The maximum Gasteiger partial charge on any atom is 0.262 e. The molecule has 2 amide bonds. The summed E-state index contributed by atoms with van der Waals surface area (Å²) in [5.41, 5.74) is 2.43. The van der Waals surface area contributed by atoms with Crippen LogP contribution in [0.5, 0.6) is 5.75 Å². The summed E-state index contributed by atoms with van der Waals surface area (Å²) in [4.78, 5) is 34.9. The quantitative estimate of drug-likeness (QED) is 0.846. The van der Waals surface area contributed by atoms with E-state index in [1.807, 2.05) is 0 Å². The summed E-state index contributed by atoms with van der Waals surface area (Å²) >= 11 is 0. The van der Waals surface area contributed by atoms with Crippen molar-refractivity contribution in [3.05, 3.63) is 53.6 Å². The summed E-state index contributed by atoms with van der Waals surface area (Å²) in [7, 11) is 0. The van der Waals surface area contributed by atoms with Crippen LogP contribution in [0.3, 0.4) is 0 Å². The Morgan fingerprint density at radius 3 is 2.83 bits per heavy atom. The van der Waals surface area contributed by atoms with Gasteiger partial charge in [-0.2, -0.15) is 0 Å². The minimum atomic E-state index is -0.217. The van der Waals surface area contributed by atoms with Crippen LogP contribution in [0, 0.1) is 0 Å². The van der Waals surface area contributed by atoms with Crippen LogP contribution in [0.2, 0.25) is 0 Å². The Kier molecular flexibility index (Phi) is 4.29. The number of Topliss-reactive ketones (excluding diaryl/α,β-unsaturated/α-hetero) is 1. The molecule has 0 fully saturated rings. The number of carbonyl (C=O) groups excluding carboxylic acids is 3. The number of nitrogens with one attached hydrogen (secondary N) is 2. The fourth-order valence-electron chi connectivity index (χ4n) is 2.45. The van der Waals surface area contributed by atoms with Crippen LogP contribution < -0.4 is 15.4 Å². The van der Waals surface area contributed by atoms with Crippen LogP contribution in [0.25, 0.3) is 0 Å². The van der Waals surface area contributed by atoms with Crippen molar-refractivity contribution in [3.63, 3.8) is 0 Å². The van der Waals surface area contributed by atoms with Crippen molar-refractivity contribution >= 4 is 29.0 Å². The monoisotopic (exact) mass is 324 g/mol. The predicted octanol–water partition coefficient (Wildman–Crippen LogP) is 2.40. The third-order valence-corrected chi connectivity index (χ3v) is 3.59. The molecule has 0 spiro atoms. The average molecular weight is 324 g/mol. The van der Waals surface area contributed by atoms with Gasteiger partial charge < -0.3 is 15.4 Å². The number of hydrogen-bond donors (Lipinski definition) is 2. The first kappa shape index (κ1) is 15.7. The second kappa shape index (κ2) is 6.54. The molecule has 0 saturated carbocycles. The van der Waals surface area contributed by atoms with Gasteiger partial charge in [-0.25, -0.2) is 0 Å². The lowest BCUT2D eigenvalue weighted by Gasteiger charge is -2.18. The minimum absolute atomic E-state index is 0.000673. The van der Waals surface area contributed by atoms with Crippen molar-refractivity contribution in [1.29, 1.82) is 0 Å². The van der Waals surface area contributed by atoms with Crippen LogP contribution in [-0.4, -0.2) is 24.2 Å². The number of anilines is 2. The topological polar surface area (TPSA) is 84.5 Å². The second-order valence-corrected chi connectivity index (χ2v) is 5.53. The summed E-state index contributed by atoms with van der Waals surface area (Å²) < 4.78 is 5.28. The third kappa shape index (κ3) is 3.60. The van der Waals surface area contributed by atoms with E-state index in [4.69, 9.17) is 4.74 Å². The zero-order chi connectivity index (χ0) is 17.1. The Hall–Kier alpha value is -3.15. The van der Waals surface area contributed by atoms with Crippen LogP contribution >= 0.6 is 0 Å². The molecule has 0 atom stereocenters. The van der Waals surface area contributed by atoms with Gasteiger partial charge in [-0.05, 0) is 36.8 Å².